The van der Waals surface area contributed by atoms with Crippen LogP contribution in [0.3, 0.4) is 0 Å². The summed E-state index contributed by atoms with van der Waals surface area (Å²) in [6, 6.07) is 15.9. The van der Waals surface area contributed by atoms with Crippen LogP contribution in [-0.4, -0.2) is 12.5 Å². The minimum Gasteiger partial charge on any atom is -0.351 e. The van der Waals surface area contributed by atoms with Crippen LogP contribution >= 0.6 is 0 Å². The van der Waals surface area contributed by atoms with E-state index in [4.69, 9.17) is 0 Å². The molecule has 0 heterocycles. The van der Waals surface area contributed by atoms with Gasteiger partial charge < -0.3 is 5.32 Å². The molecule has 0 saturated heterocycles. The van der Waals surface area contributed by atoms with Gasteiger partial charge in [0.15, 0.2) is 0 Å². The van der Waals surface area contributed by atoms with Gasteiger partial charge in [0.05, 0.1) is 0 Å². The molecule has 0 saturated carbocycles. The second-order valence-corrected chi connectivity index (χ2v) is 6.30. The summed E-state index contributed by atoms with van der Waals surface area (Å²) in [4.78, 5) is 12.2. The van der Waals surface area contributed by atoms with Crippen molar-refractivity contribution in [2.75, 3.05) is 6.54 Å². The van der Waals surface area contributed by atoms with E-state index in [0.29, 0.717) is 23.9 Å². The van der Waals surface area contributed by atoms with E-state index in [2.05, 4.69) is 31.3 Å². The first-order chi connectivity index (χ1) is 11.1. The summed E-state index contributed by atoms with van der Waals surface area (Å²) >= 11 is 0. The molecule has 2 aromatic carbocycles. The van der Waals surface area contributed by atoms with Gasteiger partial charge in [-0.05, 0) is 42.2 Å². The molecule has 2 rings (SSSR count). The van der Waals surface area contributed by atoms with Crippen molar-refractivity contribution >= 4 is 5.91 Å². The zero-order chi connectivity index (χ0) is 16.7. The largest absolute Gasteiger partial charge is 0.351 e. The Bertz CT molecular complexity index is 607. The standard InChI is InChI=1S/C20H24FNO/c1-15(2)8-9-18(16-6-4-3-5-7-16)14-22-20(23)17-10-12-19(21)13-11-17/h3-7,10-13,15,18H,8-9,14H2,1-2H3,(H,22,23). The third-order valence-corrected chi connectivity index (χ3v) is 3.98. The Morgan fingerprint density at radius 3 is 2.26 bits per heavy atom. The van der Waals surface area contributed by atoms with Crippen molar-refractivity contribution in [2.45, 2.75) is 32.6 Å². The van der Waals surface area contributed by atoms with E-state index in [9.17, 15) is 9.18 Å². The van der Waals surface area contributed by atoms with Crippen LogP contribution in [0.15, 0.2) is 54.6 Å². The summed E-state index contributed by atoms with van der Waals surface area (Å²) in [7, 11) is 0. The molecular formula is C20H24FNO. The molecule has 23 heavy (non-hydrogen) atoms. The highest BCUT2D eigenvalue weighted by Gasteiger charge is 2.14. The highest BCUT2D eigenvalue weighted by Crippen LogP contribution is 2.23. The van der Waals surface area contributed by atoms with Crippen LogP contribution in [0.5, 0.6) is 0 Å². The van der Waals surface area contributed by atoms with Crippen LogP contribution < -0.4 is 5.32 Å². The van der Waals surface area contributed by atoms with Gasteiger partial charge in [-0.25, -0.2) is 4.39 Å². The van der Waals surface area contributed by atoms with Crippen LogP contribution in [0, 0.1) is 11.7 Å². The normalized spacial score (nSPS) is 12.2. The van der Waals surface area contributed by atoms with Crippen molar-refractivity contribution in [3.8, 4) is 0 Å². The monoisotopic (exact) mass is 313 g/mol. The minimum absolute atomic E-state index is 0.157. The second-order valence-electron chi connectivity index (χ2n) is 6.30. The zero-order valence-corrected chi connectivity index (χ0v) is 13.8. The van der Waals surface area contributed by atoms with Crippen LogP contribution in [0.2, 0.25) is 0 Å². The van der Waals surface area contributed by atoms with Crippen LogP contribution in [0.1, 0.15) is 48.5 Å². The number of carbonyl (C=O) groups excluding carboxylic acids is 1. The summed E-state index contributed by atoms with van der Waals surface area (Å²) in [6.07, 6.45) is 2.15. The molecule has 0 aliphatic heterocycles. The fourth-order valence-electron chi connectivity index (χ4n) is 2.57. The molecule has 1 N–H and O–H groups in total. The van der Waals surface area contributed by atoms with Crippen LogP contribution in [0.4, 0.5) is 4.39 Å². The molecule has 1 unspecified atom stereocenters. The molecule has 0 aromatic heterocycles. The topological polar surface area (TPSA) is 29.1 Å². The highest BCUT2D eigenvalue weighted by atomic mass is 19.1. The lowest BCUT2D eigenvalue weighted by molar-refractivity contribution is 0.0950. The predicted molar refractivity (Wildman–Crippen MR) is 92.0 cm³/mol. The van der Waals surface area contributed by atoms with Crippen molar-refractivity contribution < 1.29 is 9.18 Å². The molecule has 0 bridgehead atoms. The number of halogens is 1. The Balaban J connectivity index is 1.99. The number of hydrogen-bond donors (Lipinski definition) is 1. The SMILES string of the molecule is CC(C)CCC(CNC(=O)c1ccc(F)cc1)c1ccccc1. The molecule has 0 radical (unpaired) electrons. The molecule has 122 valence electrons. The van der Waals surface area contributed by atoms with Gasteiger partial charge in [0.25, 0.3) is 5.91 Å². The lowest BCUT2D eigenvalue weighted by Crippen LogP contribution is -2.28. The quantitative estimate of drug-likeness (QED) is 0.783. The zero-order valence-electron chi connectivity index (χ0n) is 13.8. The van der Waals surface area contributed by atoms with E-state index >= 15 is 0 Å². The predicted octanol–water partition coefficient (Wildman–Crippen LogP) is 4.78. The van der Waals surface area contributed by atoms with Crippen molar-refractivity contribution in [3.63, 3.8) is 0 Å². The van der Waals surface area contributed by atoms with Crippen molar-refractivity contribution in [2.24, 2.45) is 5.92 Å². The first-order valence-electron chi connectivity index (χ1n) is 8.15. The number of hydrogen-bond acceptors (Lipinski definition) is 1. The molecule has 1 amide bonds. The Kier molecular flexibility index (Phi) is 6.33. The molecule has 0 aliphatic rings. The van der Waals surface area contributed by atoms with Crippen LogP contribution in [0.25, 0.3) is 0 Å². The molecule has 0 spiro atoms. The average Bonchev–Trinajstić information content (AvgIpc) is 2.56. The summed E-state index contributed by atoms with van der Waals surface area (Å²) in [5.41, 5.74) is 1.73. The van der Waals surface area contributed by atoms with Gasteiger partial charge in [0, 0.05) is 18.0 Å². The molecule has 0 fully saturated rings. The molecule has 2 aromatic rings. The Morgan fingerprint density at radius 2 is 1.65 bits per heavy atom. The molecule has 2 nitrogen and oxygen atoms in total. The summed E-state index contributed by atoms with van der Waals surface area (Å²) < 4.78 is 12.9. The fourth-order valence-corrected chi connectivity index (χ4v) is 2.57. The van der Waals surface area contributed by atoms with Gasteiger partial charge >= 0.3 is 0 Å². The van der Waals surface area contributed by atoms with Gasteiger partial charge in [-0.1, -0.05) is 50.6 Å². The maximum absolute atomic E-state index is 12.9. The number of benzene rings is 2. The van der Waals surface area contributed by atoms with Crippen molar-refractivity contribution in [3.05, 3.63) is 71.5 Å². The maximum Gasteiger partial charge on any atom is 0.251 e. The molecular weight excluding hydrogens is 289 g/mol. The minimum atomic E-state index is -0.333. The van der Waals surface area contributed by atoms with Crippen molar-refractivity contribution in [1.29, 1.82) is 0 Å². The van der Waals surface area contributed by atoms with Crippen molar-refractivity contribution in [1.82, 2.24) is 5.32 Å². The summed E-state index contributed by atoms with van der Waals surface area (Å²) in [5.74, 6) is 0.438. The lowest BCUT2D eigenvalue weighted by atomic mass is 9.91. The Morgan fingerprint density at radius 1 is 1.00 bits per heavy atom. The number of carbonyl (C=O) groups is 1. The summed E-state index contributed by atoms with van der Waals surface area (Å²) in [6.45, 7) is 5.01. The van der Waals surface area contributed by atoms with Crippen LogP contribution in [-0.2, 0) is 0 Å². The summed E-state index contributed by atoms with van der Waals surface area (Å²) in [5, 5.41) is 2.98. The second kappa shape index (κ2) is 8.47. The molecule has 3 heteroatoms. The first kappa shape index (κ1) is 17.2. The molecule has 1 atom stereocenters. The number of rotatable bonds is 7. The Hall–Kier alpha value is -2.16. The van der Waals surface area contributed by atoms with E-state index in [1.54, 1.807) is 0 Å². The van der Waals surface area contributed by atoms with Gasteiger partial charge in [0.1, 0.15) is 5.82 Å². The third-order valence-electron chi connectivity index (χ3n) is 3.98. The molecule has 0 aliphatic carbocycles. The van der Waals surface area contributed by atoms with E-state index in [1.165, 1.54) is 29.8 Å². The third kappa shape index (κ3) is 5.51. The van der Waals surface area contributed by atoms with Gasteiger partial charge in [-0.15, -0.1) is 0 Å². The highest BCUT2D eigenvalue weighted by molar-refractivity contribution is 5.94. The number of nitrogens with one attached hydrogen (secondary N) is 1. The van der Waals surface area contributed by atoms with E-state index in [1.807, 2.05) is 18.2 Å². The smallest absolute Gasteiger partial charge is 0.251 e. The van der Waals surface area contributed by atoms with E-state index < -0.39 is 0 Å². The Labute approximate surface area is 137 Å². The average molecular weight is 313 g/mol. The van der Waals surface area contributed by atoms with Gasteiger partial charge in [-0.2, -0.15) is 0 Å². The maximum atomic E-state index is 12.9. The first-order valence-corrected chi connectivity index (χ1v) is 8.15. The lowest BCUT2D eigenvalue weighted by Gasteiger charge is -2.19. The van der Waals surface area contributed by atoms with Gasteiger partial charge in [-0.3, -0.25) is 4.79 Å². The van der Waals surface area contributed by atoms with E-state index in [0.717, 1.165) is 12.8 Å². The number of amides is 1. The van der Waals surface area contributed by atoms with Gasteiger partial charge in [0.2, 0.25) is 0 Å². The fraction of sp³-hybridized carbons (Fsp3) is 0.350. The van der Waals surface area contributed by atoms with E-state index in [-0.39, 0.29) is 11.7 Å².